The van der Waals surface area contributed by atoms with Crippen LogP contribution >= 0.6 is 0 Å². The van der Waals surface area contributed by atoms with E-state index in [2.05, 4.69) is 15.5 Å². The number of ether oxygens (including phenoxy) is 1. The Kier molecular flexibility index (Phi) is 2.49. The minimum Gasteiger partial charge on any atom is -0.381 e. The summed E-state index contributed by atoms with van der Waals surface area (Å²) in [6.45, 7) is 3.09. The predicted octanol–water partition coefficient (Wildman–Crippen LogP) is 0.693. The molecule has 0 saturated carbocycles. The van der Waals surface area contributed by atoms with Gasteiger partial charge in [0.1, 0.15) is 0 Å². The van der Waals surface area contributed by atoms with E-state index in [1.54, 1.807) is 6.07 Å². The molecule has 1 aliphatic rings. The van der Waals surface area contributed by atoms with Crippen molar-refractivity contribution in [2.24, 2.45) is 5.92 Å². The van der Waals surface area contributed by atoms with Gasteiger partial charge in [0.15, 0.2) is 5.82 Å². The predicted molar refractivity (Wildman–Crippen MR) is 50.9 cm³/mol. The molecular formula is C9H13N3O2. The zero-order chi connectivity index (χ0) is 9.97. The van der Waals surface area contributed by atoms with Gasteiger partial charge in [-0.05, 0) is 13.3 Å². The lowest BCUT2D eigenvalue weighted by molar-refractivity contribution is -0.119. The fraction of sp³-hybridized carbons (Fsp3) is 0.556. The smallest absolute Gasteiger partial charge is 0.231 e. The van der Waals surface area contributed by atoms with E-state index >= 15 is 0 Å². The van der Waals surface area contributed by atoms with Crippen LogP contribution in [-0.2, 0) is 9.53 Å². The number of nitrogens with one attached hydrogen (secondary N) is 2. The highest BCUT2D eigenvalue weighted by Gasteiger charge is 2.23. The number of hydrogen-bond acceptors (Lipinski definition) is 3. The maximum absolute atomic E-state index is 11.6. The first-order valence-corrected chi connectivity index (χ1v) is 4.66. The molecule has 1 fully saturated rings. The van der Waals surface area contributed by atoms with E-state index in [9.17, 15) is 4.79 Å². The van der Waals surface area contributed by atoms with Crippen LogP contribution in [-0.4, -0.2) is 29.3 Å². The van der Waals surface area contributed by atoms with E-state index < -0.39 is 0 Å². The molecular weight excluding hydrogens is 182 g/mol. The number of carbonyl (C=O) groups excluding carboxylic acids is 1. The third-order valence-corrected chi connectivity index (χ3v) is 2.26. The van der Waals surface area contributed by atoms with Crippen molar-refractivity contribution in [2.75, 3.05) is 18.5 Å². The molecule has 1 atom stereocenters. The summed E-state index contributed by atoms with van der Waals surface area (Å²) in [5, 5.41) is 9.44. The van der Waals surface area contributed by atoms with E-state index in [1.165, 1.54) is 0 Å². The van der Waals surface area contributed by atoms with Gasteiger partial charge in [-0.2, -0.15) is 5.10 Å². The van der Waals surface area contributed by atoms with Gasteiger partial charge in [0.2, 0.25) is 5.91 Å². The molecule has 76 valence electrons. The molecule has 2 N–H and O–H groups in total. The Morgan fingerprint density at radius 2 is 2.64 bits per heavy atom. The minimum absolute atomic E-state index is 0.00556. The van der Waals surface area contributed by atoms with Crippen molar-refractivity contribution in [3.05, 3.63) is 11.8 Å². The van der Waals surface area contributed by atoms with E-state index in [0.29, 0.717) is 19.0 Å². The number of amides is 1. The van der Waals surface area contributed by atoms with Crippen LogP contribution in [0.2, 0.25) is 0 Å². The molecule has 1 aromatic rings. The van der Waals surface area contributed by atoms with Crippen molar-refractivity contribution in [2.45, 2.75) is 13.3 Å². The quantitative estimate of drug-likeness (QED) is 0.729. The van der Waals surface area contributed by atoms with Crippen molar-refractivity contribution in [1.82, 2.24) is 10.2 Å². The van der Waals surface area contributed by atoms with E-state index in [1.807, 2.05) is 6.92 Å². The first kappa shape index (κ1) is 9.21. The SMILES string of the molecule is Cc1cc(NC(=O)C2CCOC2)n[nH]1. The number of aromatic nitrogens is 2. The number of H-pyrrole nitrogens is 1. The molecule has 1 aromatic heterocycles. The highest BCUT2D eigenvalue weighted by Crippen LogP contribution is 2.14. The average Bonchev–Trinajstić information content (AvgIpc) is 2.75. The average molecular weight is 195 g/mol. The molecule has 5 nitrogen and oxygen atoms in total. The van der Waals surface area contributed by atoms with Crippen molar-refractivity contribution >= 4 is 11.7 Å². The van der Waals surface area contributed by atoms with Crippen LogP contribution in [0.3, 0.4) is 0 Å². The van der Waals surface area contributed by atoms with E-state index in [-0.39, 0.29) is 11.8 Å². The Labute approximate surface area is 81.8 Å². The number of hydrogen-bond donors (Lipinski definition) is 2. The molecule has 0 aromatic carbocycles. The Morgan fingerprint density at radius 3 is 3.21 bits per heavy atom. The van der Waals surface area contributed by atoms with Gasteiger partial charge in [-0.25, -0.2) is 0 Å². The number of aromatic amines is 1. The van der Waals surface area contributed by atoms with Gasteiger partial charge in [-0.3, -0.25) is 9.89 Å². The minimum atomic E-state index is -0.0213. The summed E-state index contributed by atoms with van der Waals surface area (Å²) >= 11 is 0. The number of nitrogens with zero attached hydrogens (tertiary/aromatic N) is 1. The second-order valence-corrected chi connectivity index (χ2v) is 3.49. The highest BCUT2D eigenvalue weighted by atomic mass is 16.5. The molecule has 2 rings (SSSR count). The van der Waals surface area contributed by atoms with Gasteiger partial charge in [0.05, 0.1) is 12.5 Å². The Morgan fingerprint density at radius 1 is 1.79 bits per heavy atom. The molecule has 14 heavy (non-hydrogen) atoms. The molecule has 0 bridgehead atoms. The van der Waals surface area contributed by atoms with Gasteiger partial charge in [0, 0.05) is 18.4 Å². The summed E-state index contributed by atoms with van der Waals surface area (Å²) in [6, 6.07) is 1.80. The maximum atomic E-state index is 11.6. The molecule has 2 heterocycles. The second-order valence-electron chi connectivity index (χ2n) is 3.49. The van der Waals surface area contributed by atoms with E-state index in [4.69, 9.17) is 4.74 Å². The van der Waals surface area contributed by atoms with Crippen LogP contribution in [0.15, 0.2) is 6.07 Å². The lowest BCUT2D eigenvalue weighted by atomic mass is 10.1. The van der Waals surface area contributed by atoms with Gasteiger partial charge < -0.3 is 10.1 Å². The number of anilines is 1. The Balaban J connectivity index is 1.93. The van der Waals surface area contributed by atoms with Crippen molar-refractivity contribution in [3.63, 3.8) is 0 Å². The lowest BCUT2D eigenvalue weighted by Crippen LogP contribution is -2.22. The van der Waals surface area contributed by atoms with Crippen molar-refractivity contribution < 1.29 is 9.53 Å². The van der Waals surface area contributed by atoms with Gasteiger partial charge in [0.25, 0.3) is 0 Å². The monoisotopic (exact) mass is 195 g/mol. The standard InChI is InChI=1S/C9H13N3O2/c1-6-4-8(12-11-6)10-9(13)7-2-3-14-5-7/h4,7H,2-3,5H2,1H3,(H2,10,11,12,13). The summed E-state index contributed by atoms with van der Waals surface area (Å²) in [7, 11) is 0. The van der Waals surface area contributed by atoms with Crippen LogP contribution in [0.4, 0.5) is 5.82 Å². The van der Waals surface area contributed by atoms with E-state index in [0.717, 1.165) is 12.1 Å². The zero-order valence-electron chi connectivity index (χ0n) is 8.04. The molecule has 5 heteroatoms. The molecule has 1 saturated heterocycles. The van der Waals surface area contributed by atoms with Crippen LogP contribution in [0, 0.1) is 12.8 Å². The third kappa shape index (κ3) is 1.93. The molecule has 1 aliphatic heterocycles. The topological polar surface area (TPSA) is 67.0 Å². The largest absolute Gasteiger partial charge is 0.381 e. The van der Waals surface area contributed by atoms with Gasteiger partial charge >= 0.3 is 0 Å². The second kappa shape index (κ2) is 3.79. The maximum Gasteiger partial charge on any atom is 0.231 e. The summed E-state index contributed by atoms with van der Waals surface area (Å²) in [5.41, 5.74) is 0.933. The number of aryl methyl sites for hydroxylation is 1. The van der Waals surface area contributed by atoms with Crippen LogP contribution in [0.25, 0.3) is 0 Å². The fourth-order valence-electron chi connectivity index (χ4n) is 1.45. The summed E-state index contributed by atoms with van der Waals surface area (Å²) in [6.07, 6.45) is 0.801. The van der Waals surface area contributed by atoms with Crippen LogP contribution in [0.1, 0.15) is 12.1 Å². The van der Waals surface area contributed by atoms with Crippen LogP contribution in [0.5, 0.6) is 0 Å². The molecule has 1 amide bonds. The Bertz CT molecular complexity index is 329. The first-order valence-electron chi connectivity index (χ1n) is 4.66. The van der Waals surface area contributed by atoms with Crippen molar-refractivity contribution in [3.8, 4) is 0 Å². The molecule has 1 unspecified atom stereocenters. The van der Waals surface area contributed by atoms with Gasteiger partial charge in [-0.1, -0.05) is 0 Å². The Hall–Kier alpha value is -1.36. The number of carbonyl (C=O) groups is 1. The van der Waals surface area contributed by atoms with Gasteiger partial charge in [-0.15, -0.1) is 0 Å². The molecule has 0 aliphatic carbocycles. The van der Waals surface area contributed by atoms with Crippen LogP contribution < -0.4 is 5.32 Å². The number of rotatable bonds is 2. The van der Waals surface area contributed by atoms with Crippen molar-refractivity contribution in [1.29, 1.82) is 0 Å². The third-order valence-electron chi connectivity index (χ3n) is 2.26. The highest BCUT2D eigenvalue weighted by molar-refractivity contribution is 5.91. The first-order chi connectivity index (χ1) is 6.75. The summed E-state index contributed by atoms with van der Waals surface area (Å²) < 4.78 is 5.13. The summed E-state index contributed by atoms with van der Waals surface area (Å²) in [4.78, 5) is 11.6. The molecule has 0 spiro atoms. The normalized spacial score (nSPS) is 21.1. The lowest BCUT2D eigenvalue weighted by Gasteiger charge is -2.05. The zero-order valence-corrected chi connectivity index (χ0v) is 8.04. The summed E-state index contributed by atoms with van der Waals surface area (Å²) in [5.74, 6) is 0.556. The fourth-order valence-corrected chi connectivity index (χ4v) is 1.45. The molecule has 0 radical (unpaired) electrons.